The second-order valence-electron chi connectivity index (χ2n) is 6.39. The summed E-state index contributed by atoms with van der Waals surface area (Å²) in [6.45, 7) is 4.06. The molecule has 24 heavy (non-hydrogen) atoms. The van der Waals surface area contributed by atoms with E-state index in [9.17, 15) is 9.59 Å². The van der Waals surface area contributed by atoms with Crippen molar-refractivity contribution in [3.05, 3.63) is 29.8 Å². The maximum Gasteiger partial charge on any atom is 0.242 e. The first-order valence-corrected chi connectivity index (χ1v) is 8.78. The molecule has 1 saturated carbocycles. The highest BCUT2D eigenvalue weighted by molar-refractivity contribution is 5.87. The third-order valence-electron chi connectivity index (χ3n) is 4.68. The Bertz CT molecular complexity index is 550. The normalized spacial score (nSPS) is 15.8. The van der Waals surface area contributed by atoms with E-state index in [1.165, 1.54) is 12.8 Å². The number of benzene rings is 1. The second-order valence-corrected chi connectivity index (χ2v) is 6.39. The van der Waals surface area contributed by atoms with Gasteiger partial charge in [0.05, 0.1) is 7.11 Å². The quantitative estimate of drug-likeness (QED) is 0.835. The van der Waals surface area contributed by atoms with Gasteiger partial charge >= 0.3 is 0 Å². The van der Waals surface area contributed by atoms with E-state index >= 15 is 0 Å². The Kier molecular flexibility index (Phi) is 6.64. The van der Waals surface area contributed by atoms with Crippen LogP contribution < -0.4 is 10.1 Å². The lowest BCUT2D eigenvalue weighted by Gasteiger charge is -2.29. The van der Waals surface area contributed by atoms with Crippen molar-refractivity contribution in [2.75, 3.05) is 7.11 Å². The molecule has 0 spiro atoms. The van der Waals surface area contributed by atoms with Crippen LogP contribution in [0, 0.1) is 0 Å². The molecule has 0 radical (unpaired) electrons. The fraction of sp³-hybridized carbons (Fsp3) is 0.579. The Labute approximate surface area is 144 Å². The van der Waals surface area contributed by atoms with Crippen LogP contribution >= 0.6 is 0 Å². The van der Waals surface area contributed by atoms with Crippen LogP contribution in [-0.2, 0) is 16.1 Å². The molecule has 132 valence electrons. The number of carbonyl (C=O) groups excluding carboxylic acids is 2. The Morgan fingerprint density at radius 2 is 1.88 bits per heavy atom. The first-order chi connectivity index (χ1) is 11.5. The van der Waals surface area contributed by atoms with Crippen molar-refractivity contribution in [2.45, 2.75) is 64.6 Å². The Morgan fingerprint density at radius 1 is 1.25 bits per heavy atom. The number of carbonyl (C=O) groups is 2. The average Bonchev–Trinajstić information content (AvgIpc) is 3.11. The van der Waals surface area contributed by atoms with E-state index in [1.54, 1.807) is 18.9 Å². The Morgan fingerprint density at radius 3 is 2.42 bits per heavy atom. The predicted octanol–water partition coefficient (Wildman–Crippen LogP) is 2.88. The number of rotatable bonds is 7. The summed E-state index contributed by atoms with van der Waals surface area (Å²) >= 11 is 0. The number of ether oxygens (including phenoxy) is 1. The molecule has 0 aromatic heterocycles. The van der Waals surface area contributed by atoms with Crippen LogP contribution in [0.15, 0.2) is 24.3 Å². The summed E-state index contributed by atoms with van der Waals surface area (Å²) in [7, 11) is 1.62. The van der Waals surface area contributed by atoms with Crippen LogP contribution in [0.25, 0.3) is 0 Å². The van der Waals surface area contributed by atoms with Crippen LogP contribution in [-0.4, -0.2) is 35.9 Å². The van der Waals surface area contributed by atoms with E-state index in [-0.39, 0.29) is 17.9 Å². The zero-order valence-corrected chi connectivity index (χ0v) is 14.9. The predicted molar refractivity (Wildman–Crippen MR) is 93.7 cm³/mol. The van der Waals surface area contributed by atoms with E-state index in [1.807, 2.05) is 31.2 Å². The van der Waals surface area contributed by atoms with Crippen LogP contribution in [0.5, 0.6) is 5.75 Å². The largest absolute Gasteiger partial charge is 0.497 e. The SMILES string of the molecule is CCC(=O)N(Cc1ccc(OC)cc1)[C@@H](C)C(=O)NC1CCCC1. The zero-order chi connectivity index (χ0) is 17.5. The lowest BCUT2D eigenvalue weighted by Crippen LogP contribution is -2.49. The minimum Gasteiger partial charge on any atom is -0.497 e. The highest BCUT2D eigenvalue weighted by Crippen LogP contribution is 2.19. The minimum atomic E-state index is -0.472. The third kappa shape index (κ3) is 4.73. The summed E-state index contributed by atoms with van der Waals surface area (Å²) in [5, 5.41) is 3.09. The zero-order valence-electron chi connectivity index (χ0n) is 14.9. The molecule has 1 aromatic rings. The molecule has 2 amide bonds. The maximum atomic E-state index is 12.5. The molecule has 0 saturated heterocycles. The van der Waals surface area contributed by atoms with E-state index in [4.69, 9.17) is 4.74 Å². The van der Waals surface area contributed by atoms with E-state index < -0.39 is 6.04 Å². The standard InChI is InChI=1S/C19H28N2O3/c1-4-18(22)21(13-15-9-11-17(24-3)12-10-15)14(2)19(23)20-16-7-5-6-8-16/h9-12,14,16H,4-8,13H2,1-3H3,(H,20,23)/t14-/m0/s1. The van der Waals surface area contributed by atoms with Crippen LogP contribution in [0.1, 0.15) is 51.5 Å². The molecule has 0 unspecified atom stereocenters. The minimum absolute atomic E-state index is 0.0140. The van der Waals surface area contributed by atoms with Crippen molar-refractivity contribution >= 4 is 11.8 Å². The monoisotopic (exact) mass is 332 g/mol. The number of hydrogen-bond donors (Lipinski definition) is 1. The van der Waals surface area contributed by atoms with Crippen molar-refractivity contribution in [2.24, 2.45) is 0 Å². The number of methoxy groups -OCH3 is 1. The van der Waals surface area contributed by atoms with Gasteiger partial charge in [0.2, 0.25) is 11.8 Å². The molecular weight excluding hydrogens is 304 g/mol. The van der Waals surface area contributed by atoms with E-state index in [0.717, 1.165) is 24.2 Å². The van der Waals surface area contributed by atoms with Crippen LogP contribution in [0.3, 0.4) is 0 Å². The fourth-order valence-corrected chi connectivity index (χ4v) is 3.11. The molecule has 1 atom stereocenters. The van der Waals surface area contributed by atoms with Gasteiger partial charge in [-0.3, -0.25) is 9.59 Å². The van der Waals surface area contributed by atoms with Crippen molar-refractivity contribution in [3.63, 3.8) is 0 Å². The number of nitrogens with one attached hydrogen (secondary N) is 1. The smallest absolute Gasteiger partial charge is 0.242 e. The number of nitrogens with zero attached hydrogens (tertiary/aromatic N) is 1. The Hall–Kier alpha value is -2.04. The van der Waals surface area contributed by atoms with Gasteiger partial charge in [-0.25, -0.2) is 0 Å². The maximum absolute atomic E-state index is 12.5. The van der Waals surface area contributed by atoms with Gasteiger partial charge in [-0.2, -0.15) is 0 Å². The molecule has 5 nitrogen and oxygen atoms in total. The van der Waals surface area contributed by atoms with Crippen molar-refractivity contribution in [1.82, 2.24) is 10.2 Å². The van der Waals surface area contributed by atoms with Crippen molar-refractivity contribution < 1.29 is 14.3 Å². The molecular formula is C19H28N2O3. The van der Waals surface area contributed by atoms with Gasteiger partial charge < -0.3 is 15.0 Å². The molecule has 1 aromatic carbocycles. The van der Waals surface area contributed by atoms with Gasteiger partial charge in [-0.15, -0.1) is 0 Å². The summed E-state index contributed by atoms with van der Waals surface area (Å²) in [5.74, 6) is 0.705. The van der Waals surface area contributed by atoms with Gasteiger partial charge in [-0.1, -0.05) is 31.9 Å². The van der Waals surface area contributed by atoms with Gasteiger partial charge in [-0.05, 0) is 37.5 Å². The van der Waals surface area contributed by atoms with Gasteiger partial charge in [0, 0.05) is 19.0 Å². The van der Waals surface area contributed by atoms with E-state index in [0.29, 0.717) is 13.0 Å². The number of amides is 2. The summed E-state index contributed by atoms with van der Waals surface area (Å²) in [5.41, 5.74) is 0.984. The molecule has 5 heteroatoms. The molecule has 0 bridgehead atoms. The van der Waals surface area contributed by atoms with E-state index in [2.05, 4.69) is 5.32 Å². The molecule has 0 heterocycles. The summed E-state index contributed by atoms with van der Waals surface area (Å²) in [4.78, 5) is 26.5. The van der Waals surface area contributed by atoms with Gasteiger partial charge in [0.1, 0.15) is 11.8 Å². The molecule has 2 rings (SSSR count). The second kappa shape index (κ2) is 8.71. The van der Waals surface area contributed by atoms with Gasteiger partial charge in [0.15, 0.2) is 0 Å². The molecule has 1 aliphatic carbocycles. The third-order valence-corrected chi connectivity index (χ3v) is 4.68. The van der Waals surface area contributed by atoms with Gasteiger partial charge in [0.25, 0.3) is 0 Å². The summed E-state index contributed by atoms with van der Waals surface area (Å²) in [6, 6.07) is 7.38. The van der Waals surface area contributed by atoms with Crippen LogP contribution in [0.2, 0.25) is 0 Å². The van der Waals surface area contributed by atoms with Crippen LogP contribution in [0.4, 0.5) is 0 Å². The lowest BCUT2D eigenvalue weighted by molar-refractivity contribution is -0.140. The molecule has 1 N–H and O–H groups in total. The fourth-order valence-electron chi connectivity index (χ4n) is 3.11. The highest BCUT2D eigenvalue weighted by atomic mass is 16.5. The molecule has 1 aliphatic rings. The summed E-state index contributed by atoms with van der Waals surface area (Å²) in [6.07, 6.45) is 4.81. The lowest BCUT2D eigenvalue weighted by atomic mass is 10.1. The average molecular weight is 332 g/mol. The van der Waals surface area contributed by atoms with Crippen molar-refractivity contribution in [1.29, 1.82) is 0 Å². The summed E-state index contributed by atoms with van der Waals surface area (Å²) < 4.78 is 5.16. The number of hydrogen-bond acceptors (Lipinski definition) is 3. The van der Waals surface area contributed by atoms with Crippen molar-refractivity contribution in [3.8, 4) is 5.75 Å². The molecule has 0 aliphatic heterocycles. The Balaban J connectivity index is 2.05. The topological polar surface area (TPSA) is 58.6 Å². The molecule has 1 fully saturated rings. The first-order valence-electron chi connectivity index (χ1n) is 8.78. The highest BCUT2D eigenvalue weighted by Gasteiger charge is 2.27. The first kappa shape index (κ1) is 18.3.